The van der Waals surface area contributed by atoms with Crippen molar-refractivity contribution in [3.05, 3.63) is 46.8 Å². The first-order chi connectivity index (χ1) is 33.8. The van der Waals surface area contributed by atoms with Crippen LogP contribution in [0.15, 0.2) is 46.8 Å². The highest BCUT2D eigenvalue weighted by atomic mass is 16.5. The Bertz CT molecular complexity index is 2120. The lowest BCUT2D eigenvalue weighted by molar-refractivity contribution is -0.276. The number of aliphatic hydroxyl groups is 9. The van der Waals surface area contributed by atoms with Crippen LogP contribution < -0.4 is 16.4 Å². The Morgan fingerprint density at radius 1 is 0.930 bits per heavy atom. The Morgan fingerprint density at radius 3 is 2.42 bits per heavy atom. The van der Waals surface area contributed by atoms with Crippen molar-refractivity contribution in [1.82, 2.24) is 10.6 Å². The molecule has 6 saturated carbocycles. The second-order valence-corrected chi connectivity index (χ2v) is 25.2. The molecule has 8 aliphatic carbocycles. The maximum atomic E-state index is 15.9. The van der Waals surface area contributed by atoms with Gasteiger partial charge in [-0.1, -0.05) is 63.7 Å². The lowest BCUT2D eigenvalue weighted by Crippen LogP contribution is -2.76. The number of ether oxygens (including phenoxy) is 1. The number of carbonyl (C=O) groups is 1. The summed E-state index contributed by atoms with van der Waals surface area (Å²) in [4.78, 5) is 15.9. The van der Waals surface area contributed by atoms with Gasteiger partial charge in [0, 0.05) is 53.0 Å². The molecule has 10 rings (SSSR count). The number of dihydropyridines is 1. The minimum atomic E-state index is -1.90. The molecular weight excluding hydrogens is 903 g/mol. The molecule has 13 N–H and O–H groups in total. The minimum Gasteiger partial charge on any atom is -0.396 e. The third-order valence-corrected chi connectivity index (χ3v) is 21.7. The van der Waals surface area contributed by atoms with E-state index in [0.717, 1.165) is 81.9 Å². The molecule has 10 aliphatic rings. The first-order valence-corrected chi connectivity index (χ1v) is 28.3. The van der Waals surface area contributed by atoms with Crippen LogP contribution in [-0.2, 0) is 9.53 Å². The van der Waals surface area contributed by atoms with Crippen molar-refractivity contribution >= 4 is 5.78 Å². The Labute approximate surface area is 421 Å². The van der Waals surface area contributed by atoms with E-state index in [-0.39, 0.29) is 92.9 Å². The number of nitrogens with two attached hydrogens (primary N) is 1. The molecular formula is C57H89N3O11. The Morgan fingerprint density at radius 2 is 1.69 bits per heavy atom. The van der Waals surface area contributed by atoms with E-state index in [4.69, 9.17) is 10.5 Å². The topological polar surface area (TPSA) is 258 Å². The lowest BCUT2D eigenvalue weighted by atomic mass is 9.33. The van der Waals surface area contributed by atoms with Gasteiger partial charge in [0.05, 0.1) is 65.8 Å². The van der Waals surface area contributed by atoms with Gasteiger partial charge in [-0.25, -0.2) is 0 Å². The van der Waals surface area contributed by atoms with Crippen LogP contribution in [0.5, 0.6) is 0 Å². The first-order valence-electron chi connectivity index (χ1n) is 28.3. The van der Waals surface area contributed by atoms with E-state index >= 15 is 4.79 Å². The number of allylic oxidation sites excluding steroid dienone is 5. The largest absolute Gasteiger partial charge is 0.396 e. The molecule has 0 radical (unpaired) electrons. The smallest absolute Gasteiger partial charge is 0.182 e. The molecule has 71 heavy (non-hydrogen) atoms. The van der Waals surface area contributed by atoms with Gasteiger partial charge >= 0.3 is 0 Å². The SMILES string of the molecule is CCC[C@H]1CC[C@H]2[C@@H]3[C@H](O)CCC[C@](O)([C@](C)(O)[C@H]4CC[C@@]5(O)C6=C(NC[C@H](C)O)C(=O)[C@@H]7C[C@@H](O)[C@@H](O)C[C@@]78C[C@@H](C7=C(CCCO)NC(N)C=C7)C=C[C@]68[C@H](O)C[C@]45C4CCCCC4)[C@@H]3O[C@@H]2CC1. The number of carbonyl (C=O) groups excluding carboxylic acids is 1. The summed E-state index contributed by atoms with van der Waals surface area (Å²) in [5.74, 6) is -2.30. The lowest BCUT2D eigenvalue weighted by Gasteiger charge is -2.72. The standard InChI is InChI=1S/C57H89N3O11/c1-4-10-33-15-17-37-43(19-16-33)71-51-47(37)40(63)14-8-23-57(51,70)52(3,68)44-22-25-56(69)50-48(59-31-32(2)62)49(67)38-27-41(64)42(65)29-53(38)28-34(36-18-20-46(58)60-39(36)13-9-26-61)21-24-54(50,53)45(66)30-55(44,56)35-11-6-5-7-12-35/h18,20-21,24,32-35,37-38,40-47,51,59-66,68-70H,4-17,19,22-23,25-31,58H2,1-3H3/t32-,33-,34-,37+,38-,40+,41+,42-,43+,44+,45+,46?,47+,51+,52+,53-,54-,55-,56+,57+/m0/s1. The summed E-state index contributed by atoms with van der Waals surface area (Å²) in [7, 11) is 0. The summed E-state index contributed by atoms with van der Waals surface area (Å²) in [6.07, 6.45) is 14.3. The summed E-state index contributed by atoms with van der Waals surface area (Å²) in [5, 5.41) is 120. The fourth-order valence-electron chi connectivity index (χ4n) is 18.8. The van der Waals surface area contributed by atoms with Gasteiger partial charge < -0.3 is 67.1 Å². The highest BCUT2D eigenvalue weighted by molar-refractivity contribution is 6.00. The zero-order valence-electron chi connectivity index (χ0n) is 42.9. The summed E-state index contributed by atoms with van der Waals surface area (Å²) in [6, 6.07) is 0. The fraction of sp³-hybridized carbons (Fsp3) is 0.842. The van der Waals surface area contributed by atoms with Crippen molar-refractivity contribution in [2.75, 3.05) is 13.2 Å². The summed E-state index contributed by atoms with van der Waals surface area (Å²) >= 11 is 0. The van der Waals surface area contributed by atoms with Crippen LogP contribution in [0.25, 0.3) is 0 Å². The molecule has 0 aromatic heterocycles. The number of rotatable bonds is 12. The van der Waals surface area contributed by atoms with E-state index in [1.54, 1.807) is 13.8 Å². The van der Waals surface area contributed by atoms with Crippen LogP contribution in [0.3, 0.4) is 0 Å². The predicted octanol–water partition coefficient (Wildman–Crippen LogP) is 4.43. The number of fused-ring (bicyclic) bond motifs is 5. The van der Waals surface area contributed by atoms with E-state index in [9.17, 15) is 46.0 Å². The average molecular weight is 992 g/mol. The number of aliphatic hydroxyl groups excluding tert-OH is 6. The molecule has 2 spiro atoms. The summed E-state index contributed by atoms with van der Waals surface area (Å²) in [5.41, 5.74) is -0.825. The number of Topliss-reactive ketones (excluding diaryl/α,β-unsaturated/α-hetero) is 1. The predicted molar refractivity (Wildman–Crippen MR) is 267 cm³/mol. The maximum absolute atomic E-state index is 15.9. The molecule has 2 heterocycles. The molecule has 1 saturated heterocycles. The van der Waals surface area contributed by atoms with E-state index in [1.807, 2.05) is 18.2 Å². The van der Waals surface area contributed by atoms with E-state index in [0.29, 0.717) is 43.6 Å². The second kappa shape index (κ2) is 19.4. The van der Waals surface area contributed by atoms with Crippen molar-refractivity contribution in [1.29, 1.82) is 0 Å². The van der Waals surface area contributed by atoms with Crippen LogP contribution in [0.4, 0.5) is 0 Å². The molecule has 0 aromatic carbocycles. The highest BCUT2D eigenvalue weighted by Crippen LogP contribution is 2.79. The van der Waals surface area contributed by atoms with Gasteiger partial charge in [-0.3, -0.25) is 4.79 Å². The Balaban J connectivity index is 1.15. The molecule has 398 valence electrons. The highest BCUT2D eigenvalue weighted by Gasteiger charge is 2.81. The normalized spacial score (nSPS) is 48.0. The second-order valence-electron chi connectivity index (χ2n) is 25.2. The monoisotopic (exact) mass is 992 g/mol. The molecule has 14 heteroatoms. The molecule has 20 atom stereocenters. The minimum absolute atomic E-state index is 0.0163. The molecule has 0 amide bonds. The summed E-state index contributed by atoms with van der Waals surface area (Å²) in [6.45, 7) is 5.55. The number of hydrogen-bond acceptors (Lipinski definition) is 14. The number of nitrogens with one attached hydrogen (secondary N) is 2. The average Bonchev–Trinajstić information content (AvgIpc) is 3.75. The van der Waals surface area contributed by atoms with Crippen LogP contribution in [0.1, 0.15) is 162 Å². The fourth-order valence-corrected chi connectivity index (χ4v) is 18.8. The van der Waals surface area contributed by atoms with Gasteiger partial charge in [-0.15, -0.1) is 0 Å². The first kappa shape index (κ1) is 52.2. The van der Waals surface area contributed by atoms with Gasteiger partial charge in [-0.2, -0.15) is 0 Å². The Hall–Kier alpha value is -2.21. The van der Waals surface area contributed by atoms with Gasteiger partial charge in [-0.05, 0) is 157 Å². The third kappa shape index (κ3) is 7.81. The Kier molecular flexibility index (Phi) is 14.3. The molecule has 0 aromatic rings. The van der Waals surface area contributed by atoms with E-state index in [1.165, 1.54) is 0 Å². The third-order valence-electron chi connectivity index (χ3n) is 21.7. The zero-order chi connectivity index (χ0) is 50.5. The zero-order valence-corrected chi connectivity index (χ0v) is 42.9. The van der Waals surface area contributed by atoms with Gasteiger partial charge in [0.15, 0.2) is 5.78 Å². The van der Waals surface area contributed by atoms with Crippen molar-refractivity contribution in [3.8, 4) is 0 Å². The molecule has 2 aliphatic heterocycles. The van der Waals surface area contributed by atoms with Crippen molar-refractivity contribution in [2.45, 2.75) is 228 Å². The van der Waals surface area contributed by atoms with Crippen LogP contribution >= 0.6 is 0 Å². The molecule has 14 nitrogen and oxygen atoms in total. The summed E-state index contributed by atoms with van der Waals surface area (Å²) < 4.78 is 7.11. The molecule has 7 fully saturated rings. The van der Waals surface area contributed by atoms with E-state index in [2.05, 4.69) is 23.6 Å². The van der Waals surface area contributed by atoms with Gasteiger partial charge in [0.2, 0.25) is 0 Å². The number of ketones is 1. The van der Waals surface area contributed by atoms with Crippen molar-refractivity contribution in [2.24, 2.45) is 63.4 Å². The quantitative estimate of drug-likeness (QED) is 0.121. The number of hydrogen-bond donors (Lipinski definition) is 12. The van der Waals surface area contributed by atoms with Crippen molar-refractivity contribution in [3.63, 3.8) is 0 Å². The van der Waals surface area contributed by atoms with E-state index < -0.39 is 87.7 Å². The van der Waals surface area contributed by atoms with Crippen LogP contribution in [0, 0.1) is 57.7 Å². The van der Waals surface area contributed by atoms with Crippen LogP contribution in [-0.4, -0.2) is 131 Å². The molecule has 0 bridgehead atoms. The van der Waals surface area contributed by atoms with Crippen molar-refractivity contribution < 1.29 is 55.5 Å². The van der Waals surface area contributed by atoms with Gasteiger partial charge in [0.25, 0.3) is 0 Å². The molecule has 1 unspecified atom stereocenters. The van der Waals surface area contributed by atoms with Gasteiger partial charge in [0.1, 0.15) is 5.60 Å². The van der Waals surface area contributed by atoms with Crippen LogP contribution in [0.2, 0.25) is 0 Å². The maximum Gasteiger partial charge on any atom is 0.182 e.